The van der Waals surface area contributed by atoms with Gasteiger partial charge in [-0.05, 0) is 31.3 Å². The number of rotatable bonds is 7. The van der Waals surface area contributed by atoms with Crippen molar-refractivity contribution in [2.75, 3.05) is 19.6 Å². The molecule has 0 aliphatic carbocycles. The summed E-state index contributed by atoms with van der Waals surface area (Å²) in [5.74, 6) is 0.607. The maximum absolute atomic E-state index is 12.3. The third-order valence-electron chi connectivity index (χ3n) is 3.48. The highest BCUT2D eigenvalue weighted by atomic mass is 35.5. The Morgan fingerprint density at radius 2 is 2.14 bits per heavy atom. The van der Waals surface area contributed by atoms with E-state index in [2.05, 4.69) is 24.1 Å². The second kappa shape index (κ2) is 8.02. The van der Waals surface area contributed by atoms with Crippen molar-refractivity contribution in [2.45, 2.75) is 19.9 Å². The first kappa shape index (κ1) is 17.3. The highest BCUT2D eigenvalue weighted by molar-refractivity contribution is 7.20. The van der Waals surface area contributed by atoms with Crippen LogP contribution in [-0.2, 0) is 0 Å². The number of hydrogen-bond acceptors (Lipinski definition) is 4. The Morgan fingerprint density at radius 1 is 1.41 bits per heavy atom. The van der Waals surface area contributed by atoms with Crippen molar-refractivity contribution in [1.82, 2.24) is 10.2 Å². The zero-order valence-electron chi connectivity index (χ0n) is 12.4. The lowest BCUT2D eigenvalue weighted by atomic mass is 10.1. The maximum atomic E-state index is 12.3. The Bertz CT molecular complexity index is 609. The van der Waals surface area contributed by atoms with Crippen molar-refractivity contribution in [3.8, 4) is 0 Å². The molecule has 7 heteroatoms. The summed E-state index contributed by atoms with van der Waals surface area (Å²) in [6.45, 7) is 6.33. The van der Waals surface area contributed by atoms with Crippen molar-refractivity contribution in [3.63, 3.8) is 0 Å². The van der Waals surface area contributed by atoms with E-state index in [9.17, 15) is 4.79 Å². The molecule has 2 aromatic rings. The molecular formula is C15H18Cl2N2O2S. The highest BCUT2D eigenvalue weighted by Gasteiger charge is 2.22. The molecule has 1 unspecified atom stereocenters. The number of amides is 1. The summed E-state index contributed by atoms with van der Waals surface area (Å²) in [6, 6.07) is 5.34. The Morgan fingerprint density at radius 3 is 2.64 bits per heavy atom. The number of furan rings is 1. The minimum Gasteiger partial charge on any atom is -0.468 e. The molecule has 2 rings (SSSR count). The first-order valence-corrected chi connectivity index (χ1v) is 8.64. The van der Waals surface area contributed by atoms with Gasteiger partial charge in [-0.15, -0.1) is 11.3 Å². The van der Waals surface area contributed by atoms with E-state index in [1.165, 1.54) is 11.3 Å². The Kier molecular flexibility index (Phi) is 6.32. The molecule has 0 bridgehead atoms. The maximum Gasteiger partial charge on any atom is 0.253 e. The van der Waals surface area contributed by atoms with Crippen LogP contribution in [0.25, 0.3) is 0 Å². The molecule has 22 heavy (non-hydrogen) atoms. The molecule has 1 N–H and O–H groups in total. The number of nitrogens with zero attached hydrogens (tertiary/aromatic N) is 1. The summed E-state index contributed by atoms with van der Waals surface area (Å²) < 4.78 is 6.41. The molecule has 2 heterocycles. The molecule has 0 saturated heterocycles. The number of hydrogen-bond donors (Lipinski definition) is 1. The zero-order valence-corrected chi connectivity index (χ0v) is 14.8. The quantitative estimate of drug-likeness (QED) is 0.792. The topological polar surface area (TPSA) is 45.5 Å². The Hall–Kier alpha value is -1.01. The monoisotopic (exact) mass is 360 g/mol. The molecule has 0 aliphatic heterocycles. The van der Waals surface area contributed by atoms with Crippen molar-refractivity contribution < 1.29 is 9.21 Å². The van der Waals surface area contributed by atoms with Crippen LogP contribution in [0.5, 0.6) is 0 Å². The van der Waals surface area contributed by atoms with Gasteiger partial charge in [0.1, 0.15) is 10.1 Å². The van der Waals surface area contributed by atoms with Gasteiger partial charge in [-0.25, -0.2) is 0 Å². The Balaban J connectivity index is 2.08. The molecule has 120 valence electrons. The van der Waals surface area contributed by atoms with Gasteiger partial charge >= 0.3 is 0 Å². The van der Waals surface area contributed by atoms with Crippen molar-refractivity contribution in [2.24, 2.45) is 0 Å². The van der Waals surface area contributed by atoms with Gasteiger partial charge in [-0.1, -0.05) is 37.0 Å². The summed E-state index contributed by atoms with van der Waals surface area (Å²) in [6.07, 6.45) is 1.64. The second-order valence-corrected chi connectivity index (χ2v) is 6.99. The average molecular weight is 361 g/mol. The van der Waals surface area contributed by atoms with Crippen LogP contribution in [-0.4, -0.2) is 30.4 Å². The van der Waals surface area contributed by atoms with Gasteiger partial charge in [0.05, 0.1) is 22.2 Å². The molecule has 0 aliphatic rings. The number of carbonyl (C=O) groups is 1. The summed E-state index contributed by atoms with van der Waals surface area (Å²) >= 11 is 13.1. The van der Waals surface area contributed by atoms with Gasteiger partial charge in [0.2, 0.25) is 0 Å². The first-order valence-electron chi connectivity index (χ1n) is 7.07. The fourth-order valence-electron chi connectivity index (χ4n) is 2.33. The van der Waals surface area contributed by atoms with Crippen LogP contribution in [0.2, 0.25) is 8.67 Å². The van der Waals surface area contributed by atoms with Crippen LogP contribution in [0.15, 0.2) is 28.9 Å². The summed E-state index contributed by atoms with van der Waals surface area (Å²) in [4.78, 5) is 14.5. The molecule has 1 atom stereocenters. The van der Waals surface area contributed by atoms with Crippen molar-refractivity contribution in [1.29, 1.82) is 0 Å². The molecule has 0 spiro atoms. The highest BCUT2D eigenvalue weighted by Crippen LogP contribution is 2.31. The number of carbonyl (C=O) groups excluding carboxylic acids is 1. The molecule has 0 saturated carbocycles. The lowest BCUT2D eigenvalue weighted by Gasteiger charge is -2.28. The van der Waals surface area contributed by atoms with E-state index in [0.717, 1.165) is 18.8 Å². The zero-order chi connectivity index (χ0) is 16.1. The minimum atomic E-state index is -0.225. The smallest absolute Gasteiger partial charge is 0.253 e. The lowest BCUT2D eigenvalue weighted by Crippen LogP contribution is -2.37. The largest absolute Gasteiger partial charge is 0.468 e. The van der Waals surface area contributed by atoms with Crippen LogP contribution in [0.4, 0.5) is 0 Å². The van der Waals surface area contributed by atoms with Crippen LogP contribution < -0.4 is 5.32 Å². The minimum absolute atomic E-state index is 0.0122. The standard InChI is InChI=1S/C15H18Cl2N2O2S/c1-3-19(4-2)11(12-6-5-7-21-12)9-18-15(20)10-8-13(16)22-14(10)17/h5-8,11H,3-4,9H2,1-2H3,(H,18,20). The predicted molar refractivity (Wildman–Crippen MR) is 91.0 cm³/mol. The van der Waals surface area contributed by atoms with E-state index >= 15 is 0 Å². The van der Waals surface area contributed by atoms with Gasteiger partial charge in [0.15, 0.2) is 0 Å². The molecule has 1 amide bonds. The number of halogens is 2. The SMILES string of the molecule is CCN(CC)C(CNC(=O)c1cc(Cl)sc1Cl)c1ccco1. The van der Waals surface area contributed by atoms with Crippen molar-refractivity contribution in [3.05, 3.63) is 44.5 Å². The van der Waals surface area contributed by atoms with E-state index in [4.69, 9.17) is 27.6 Å². The van der Waals surface area contributed by atoms with Gasteiger partial charge < -0.3 is 9.73 Å². The molecule has 4 nitrogen and oxygen atoms in total. The number of nitrogens with one attached hydrogen (secondary N) is 1. The molecule has 0 fully saturated rings. The van der Waals surface area contributed by atoms with Crippen molar-refractivity contribution >= 4 is 40.4 Å². The van der Waals surface area contributed by atoms with E-state index < -0.39 is 0 Å². The van der Waals surface area contributed by atoms with E-state index in [0.29, 0.717) is 20.8 Å². The van der Waals surface area contributed by atoms with Crippen LogP contribution in [0.3, 0.4) is 0 Å². The summed E-state index contributed by atoms with van der Waals surface area (Å²) in [7, 11) is 0. The molecule has 0 radical (unpaired) electrons. The number of likely N-dealkylation sites (N-methyl/N-ethyl adjacent to an activating group) is 1. The van der Waals surface area contributed by atoms with E-state index in [-0.39, 0.29) is 11.9 Å². The molecular weight excluding hydrogens is 343 g/mol. The predicted octanol–water partition coefficient (Wildman–Crippen LogP) is 4.46. The van der Waals surface area contributed by atoms with Gasteiger partial charge in [0.25, 0.3) is 5.91 Å². The Labute approximate surface area is 144 Å². The summed E-state index contributed by atoms with van der Waals surface area (Å²) in [5, 5.41) is 2.91. The number of thiophene rings is 1. The van der Waals surface area contributed by atoms with Gasteiger partial charge in [-0.3, -0.25) is 9.69 Å². The van der Waals surface area contributed by atoms with E-state index in [1.807, 2.05) is 12.1 Å². The van der Waals surface area contributed by atoms with Crippen LogP contribution >= 0.6 is 34.5 Å². The third kappa shape index (κ3) is 4.04. The summed E-state index contributed by atoms with van der Waals surface area (Å²) in [5.41, 5.74) is 0.411. The fourth-order valence-corrected chi connectivity index (χ4v) is 3.79. The molecule has 2 aromatic heterocycles. The third-order valence-corrected chi connectivity index (χ3v) is 4.97. The van der Waals surface area contributed by atoms with Gasteiger partial charge in [-0.2, -0.15) is 0 Å². The van der Waals surface area contributed by atoms with E-state index in [1.54, 1.807) is 12.3 Å². The first-order chi connectivity index (χ1) is 10.6. The lowest BCUT2D eigenvalue weighted by molar-refractivity contribution is 0.0930. The second-order valence-electron chi connectivity index (χ2n) is 4.70. The van der Waals surface area contributed by atoms with Crippen LogP contribution in [0, 0.1) is 0 Å². The normalized spacial score (nSPS) is 12.6. The van der Waals surface area contributed by atoms with Crippen LogP contribution in [0.1, 0.15) is 36.0 Å². The molecule has 0 aromatic carbocycles. The fraction of sp³-hybridized carbons (Fsp3) is 0.400. The van der Waals surface area contributed by atoms with Gasteiger partial charge in [0, 0.05) is 6.54 Å². The average Bonchev–Trinajstić information content (AvgIpc) is 3.12.